The lowest BCUT2D eigenvalue weighted by atomic mass is 9.96. The van der Waals surface area contributed by atoms with Gasteiger partial charge in [0, 0.05) is 26.1 Å². The molecule has 1 unspecified atom stereocenters. The van der Waals surface area contributed by atoms with Crippen LogP contribution in [-0.2, 0) is 19.5 Å². The Morgan fingerprint density at radius 2 is 1.84 bits per heavy atom. The summed E-state index contributed by atoms with van der Waals surface area (Å²) < 4.78 is 7.49. The highest BCUT2D eigenvalue weighted by atomic mass is 16.5. The molecule has 0 bridgehead atoms. The van der Waals surface area contributed by atoms with Gasteiger partial charge < -0.3 is 15.0 Å². The fourth-order valence-corrected chi connectivity index (χ4v) is 6.21. The predicted molar refractivity (Wildman–Crippen MR) is 154 cm³/mol. The Bertz CT molecular complexity index is 1320. The number of nitrogens with zero attached hydrogens (tertiary/aromatic N) is 5. The minimum atomic E-state index is 0.564. The number of nitrogens with one attached hydrogen (secondary N) is 1. The lowest BCUT2D eigenvalue weighted by molar-refractivity contribution is 0.414. The summed E-state index contributed by atoms with van der Waals surface area (Å²) in [5, 5.41) is 9.85. The van der Waals surface area contributed by atoms with E-state index in [9.17, 15) is 0 Å². The van der Waals surface area contributed by atoms with Crippen LogP contribution in [0.2, 0.25) is 0 Å². The number of hydrogen-bond acceptors (Lipinski definition) is 6. The summed E-state index contributed by atoms with van der Waals surface area (Å²) in [6.45, 7) is 5.69. The number of methoxy groups -OCH3 is 1. The minimum absolute atomic E-state index is 0.564. The second-order valence-corrected chi connectivity index (χ2v) is 11.3. The van der Waals surface area contributed by atoms with Gasteiger partial charge in [0.2, 0.25) is 5.95 Å². The lowest BCUT2D eigenvalue weighted by Crippen LogP contribution is -2.30. The van der Waals surface area contributed by atoms with Gasteiger partial charge in [0.1, 0.15) is 11.6 Å². The van der Waals surface area contributed by atoms with Gasteiger partial charge in [-0.1, -0.05) is 63.0 Å². The summed E-state index contributed by atoms with van der Waals surface area (Å²) in [5.41, 5.74) is 4.72. The second kappa shape index (κ2) is 11.2. The van der Waals surface area contributed by atoms with Crippen LogP contribution in [0.15, 0.2) is 48.1 Å². The van der Waals surface area contributed by atoms with Crippen LogP contribution in [0.4, 0.5) is 11.8 Å². The van der Waals surface area contributed by atoms with Crippen molar-refractivity contribution in [3.63, 3.8) is 0 Å². The molecule has 6 rings (SSSR count). The SMILES string of the molecule is COc1ccc(CN2CCc3nn(CC4=CC=CC(C)C4)c4nc(NCC5CCCCCC5)nc2c34)cc1. The average Bonchev–Trinajstić information content (AvgIpc) is 3.09. The highest BCUT2D eigenvalue weighted by Crippen LogP contribution is 2.35. The van der Waals surface area contributed by atoms with Crippen LogP contribution in [0.5, 0.6) is 5.75 Å². The molecule has 2 aromatic heterocycles. The third-order valence-corrected chi connectivity index (χ3v) is 8.33. The van der Waals surface area contributed by atoms with Crippen LogP contribution >= 0.6 is 0 Å². The van der Waals surface area contributed by atoms with Crippen LogP contribution in [-0.4, -0.2) is 39.9 Å². The van der Waals surface area contributed by atoms with Gasteiger partial charge in [-0.2, -0.15) is 15.1 Å². The van der Waals surface area contributed by atoms with Crippen molar-refractivity contribution in [1.82, 2.24) is 19.7 Å². The monoisotopic (exact) mass is 512 g/mol. The summed E-state index contributed by atoms with van der Waals surface area (Å²) in [6.07, 6.45) is 16.7. The topological polar surface area (TPSA) is 68.1 Å². The molecule has 3 aromatic rings. The summed E-state index contributed by atoms with van der Waals surface area (Å²) in [4.78, 5) is 12.6. The number of rotatable bonds is 8. The van der Waals surface area contributed by atoms with Gasteiger partial charge in [-0.25, -0.2) is 4.68 Å². The zero-order chi connectivity index (χ0) is 25.9. The molecular formula is C31H40N6O. The summed E-state index contributed by atoms with van der Waals surface area (Å²) in [7, 11) is 1.71. The van der Waals surface area contributed by atoms with E-state index in [-0.39, 0.29) is 0 Å². The number of benzene rings is 1. The van der Waals surface area contributed by atoms with E-state index in [4.69, 9.17) is 19.8 Å². The number of anilines is 2. The maximum absolute atomic E-state index is 5.36. The molecule has 2 aliphatic carbocycles. The lowest BCUT2D eigenvalue weighted by Gasteiger charge is -2.28. The largest absolute Gasteiger partial charge is 0.497 e. The van der Waals surface area contributed by atoms with Gasteiger partial charge in [0.25, 0.3) is 0 Å². The van der Waals surface area contributed by atoms with Crippen LogP contribution < -0.4 is 15.0 Å². The Kier molecular flexibility index (Phi) is 7.34. The molecule has 0 amide bonds. The van der Waals surface area contributed by atoms with Crippen molar-refractivity contribution >= 4 is 22.8 Å². The van der Waals surface area contributed by atoms with E-state index in [1.165, 1.54) is 49.7 Å². The van der Waals surface area contributed by atoms with Crippen molar-refractivity contribution in [2.75, 3.05) is 30.4 Å². The third-order valence-electron chi connectivity index (χ3n) is 8.33. The van der Waals surface area contributed by atoms with Crippen LogP contribution in [0.3, 0.4) is 0 Å². The molecule has 1 atom stereocenters. The van der Waals surface area contributed by atoms with Gasteiger partial charge in [-0.05, 0) is 54.4 Å². The fraction of sp³-hybridized carbons (Fsp3) is 0.516. The van der Waals surface area contributed by atoms with Crippen molar-refractivity contribution in [3.8, 4) is 5.75 Å². The molecule has 7 heteroatoms. The number of allylic oxidation sites excluding steroid dienone is 4. The zero-order valence-electron chi connectivity index (χ0n) is 22.8. The summed E-state index contributed by atoms with van der Waals surface area (Å²) in [5.74, 6) is 3.88. The minimum Gasteiger partial charge on any atom is -0.497 e. The van der Waals surface area contributed by atoms with E-state index < -0.39 is 0 Å². The molecule has 1 saturated carbocycles. The van der Waals surface area contributed by atoms with Crippen molar-refractivity contribution < 1.29 is 4.74 Å². The Labute approximate surface area is 226 Å². The first-order valence-electron chi connectivity index (χ1n) is 14.4. The van der Waals surface area contributed by atoms with Crippen molar-refractivity contribution in [2.45, 2.75) is 71.4 Å². The van der Waals surface area contributed by atoms with E-state index in [2.05, 4.69) is 52.2 Å². The van der Waals surface area contributed by atoms with Gasteiger partial charge in [0.15, 0.2) is 5.65 Å². The molecule has 3 heterocycles. The first-order chi connectivity index (χ1) is 18.7. The maximum Gasteiger partial charge on any atom is 0.226 e. The van der Waals surface area contributed by atoms with Crippen molar-refractivity contribution in [1.29, 1.82) is 0 Å². The van der Waals surface area contributed by atoms with Gasteiger partial charge >= 0.3 is 0 Å². The molecule has 1 N–H and O–H groups in total. The van der Waals surface area contributed by atoms with E-state index in [0.717, 1.165) is 73.3 Å². The molecular weight excluding hydrogens is 472 g/mol. The van der Waals surface area contributed by atoms with Gasteiger partial charge in [-0.15, -0.1) is 0 Å². The normalized spacial score (nSPS) is 19.9. The van der Waals surface area contributed by atoms with Crippen LogP contribution in [0.1, 0.15) is 63.1 Å². The standard InChI is InChI=1S/C31H40N6O/c1-22-8-7-11-25(18-22)21-37-30-28-27(35-37)16-17-36(20-24-12-14-26(38-2)15-13-24)29(28)33-31(34-30)32-19-23-9-5-3-4-6-10-23/h7-8,11-15,22-23H,3-6,9-10,16-21H2,1-2H3,(H,32,33,34). The Morgan fingerprint density at radius 1 is 1.03 bits per heavy atom. The number of ether oxygens (including phenoxy) is 1. The molecule has 1 aromatic carbocycles. The average molecular weight is 513 g/mol. The maximum atomic E-state index is 5.36. The van der Waals surface area contributed by atoms with E-state index in [1.807, 2.05) is 12.1 Å². The summed E-state index contributed by atoms with van der Waals surface area (Å²) in [6, 6.07) is 8.36. The number of aromatic nitrogens is 4. The second-order valence-electron chi connectivity index (χ2n) is 11.3. The smallest absolute Gasteiger partial charge is 0.226 e. The molecule has 1 aliphatic heterocycles. The zero-order valence-corrected chi connectivity index (χ0v) is 22.8. The molecule has 38 heavy (non-hydrogen) atoms. The molecule has 1 fully saturated rings. The van der Waals surface area contributed by atoms with E-state index in [1.54, 1.807) is 7.11 Å². The highest BCUT2D eigenvalue weighted by molar-refractivity contribution is 5.92. The first kappa shape index (κ1) is 25.0. The molecule has 0 saturated heterocycles. The fourth-order valence-electron chi connectivity index (χ4n) is 6.21. The van der Waals surface area contributed by atoms with Crippen molar-refractivity contribution in [2.24, 2.45) is 11.8 Å². The van der Waals surface area contributed by atoms with E-state index in [0.29, 0.717) is 11.8 Å². The Hall–Kier alpha value is -3.35. The first-order valence-corrected chi connectivity index (χ1v) is 14.4. The van der Waals surface area contributed by atoms with Gasteiger partial charge in [0.05, 0.1) is 24.7 Å². The van der Waals surface area contributed by atoms with Crippen LogP contribution in [0, 0.1) is 11.8 Å². The van der Waals surface area contributed by atoms with Crippen LogP contribution in [0.25, 0.3) is 11.0 Å². The summed E-state index contributed by atoms with van der Waals surface area (Å²) >= 11 is 0. The Morgan fingerprint density at radius 3 is 2.61 bits per heavy atom. The Balaban J connectivity index is 1.33. The quantitative estimate of drug-likeness (QED) is 0.357. The van der Waals surface area contributed by atoms with Crippen molar-refractivity contribution in [3.05, 3.63) is 59.3 Å². The molecule has 0 radical (unpaired) electrons. The van der Waals surface area contributed by atoms with E-state index >= 15 is 0 Å². The highest BCUT2D eigenvalue weighted by Gasteiger charge is 2.27. The molecule has 0 spiro atoms. The number of hydrogen-bond donors (Lipinski definition) is 1. The molecule has 3 aliphatic rings. The molecule has 7 nitrogen and oxygen atoms in total. The molecule has 200 valence electrons. The third kappa shape index (κ3) is 5.42. The predicted octanol–water partition coefficient (Wildman–Crippen LogP) is 6.30. The van der Waals surface area contributed by atoms with Gasteiger partial charge in [-0.3, -0.25) is 0 Å².